The Morgan fingerprint density at radius 2 is 1.79 bits per heavy atom. The number of ether oxygens (including phenoxy) is 4. The number of rotatable bonds is 10. The molecular formula is C30H33N3O5. The second-order valence-corrected chi connectivity index (χ2v) is 9.47. The zero-order valence-corrected chi connectivity index (χ0v) is 22.3. The number of benzene rings is 2. The molecule has 1 atom stereocenters. The monoisotopic (exact) mass is 515 g/mol. The lowest BCUT2D eigenvalue weighted by molar-refractivity contribution is -0.149. The zero-order chi connectivity index (χ0) is 26.6. The highest BCUT2D eigenvalue weighted by Crippen LogP contribution is 2.38. The minimum absolute atomic E-state index is 0.159. The summed E-state index contributed by atoms with van der Waals surface area (Å²) in [5.74, 6) is 2.44. The molecule has 1 aliphatic rings. The highest BCUT2D eigenvalue weighted by atomic mass is 16.7. The Kier molecular flexibility index (Phi) is 7.49. The Morgan fingerprint density at radius 3 is 2.50 bits per heavy atom. The molecule has 0 radical (unpaired) electrons. The first-order valence-electron chi connectivity index (χ1n) is 13.1. The van der Waals surface area contributed by atoms with Crippen LogP contribution in [0.5, 0.6) is 17.2 Å². The van der Waals surface area contributed by atoms with Crippen molar-refractivity contribution in [3.05, 3.63) is 76.7 Å². The summed E-state index contributed by atoms with van der Waals surface area (Å²) in [6.45, 7) is 7.10. The first-order chi connectivity index (χ1) is 18.5. The fourth-order valence-corrected chi connectivity index (χ4v) is 4.98. The van der Waals surface area contributed by atoms with Gasteiger partial charge in [0.1, 0.15) is 17.1 Å². The Labute approximate surface area is 222 Å². The van der Waals surface area contributed by atoms with Crippen molar-refractivity contribution in [2.75, 3.05) is 13.9 Å². The number of aromatic nitrogens is 3. The topological polar surface area (TPSA) is 84.7 Å². The van der Waals surface area contributed by atoms with E-state index in [0.717, 1.165) is 65.1 Å². The van der Waals surface area contributed by atoms with Gasteiger partial charge in [-0.05, 0) is 60.7 Å². The molecule has 1 unspecified atom stereocenters. The lowest BCUT2D eigenvalue weighted by atomic mass is 9.97. The molecule has 8 heteroatoms. The molecule has 0 amide bonds. The van der Waals surface area contributed by atoms with E-state index < -0.39 is 12.1 Å². The van der Waals surface area contributed by atoms with Crippen molar-refractivity contribution in [3.8, 4) is 17.2 Å². The first kappa shape index (κ1) is 25.6. The number of carbonyl (C=O) groups excluding carboxylic acids is 1. The number of hydrogen-bond donors (Lipinski definition) is 0. The van der Waals surface area contributed by atoms with E-state index in [-0.39, 0.29) is 6.79 Å². The van der Waals surface area contributed by atoms with Gasteiger partial charge in [0, 0.05) is 11.8 Å². The van der Waals surface area contributed by atoms with Crippen molar-refractivity contribution >= 4 is 17.1 Å². The van der Waals surface area contributed by atoms with Crippen molar-refractivity contribution in [2.45, 2.75) is 59.1 Å². The normalized spacial score (nSPS) is 13.1. The summed E-state index contributed by atoms with van der Waals surface area (Å²) in [7, 11) is 1.38. The zero-order valence-electron chi connectivity index (χ0n) is 22.3. The average molecular weight is 516 g/mol. The van der Waals surface area contributed by atoms with Gasteiger partial charge in [-0.15, -0.1) is 0 Å². The molecule has 0 fully saturated rings. The largest absolute Gasteiger partial charge is 0.473 e. The summed E-state index contributed by atoms with van der Waals surface area (Å²) in [6, 6.07) is 13.7. The third kappa shape index (κ3) is 5.03. The predicted octanol–water partition coefficient (Wildman–Crippen LogP) is 5.71. The Balaban J connectivity index is 1.55. The van der Waals surface area contributed by atoms with Crippen LogP contribution in [0, 0.1) is 6.92 Å². The maximum Gasteiger partial charge on any atom is 0.351 e. The summed E-state index contributed by atoms with van der Waals surface area (Å²) in [4.78, 5) is 22.2. The Bertz CT molecular complexity index is 1430. The van der Waals surface area contributed by atoms with Gasteiger partial charge in [0.25, 0.3) is 0 Å². The van der Waals surface area contributed by atoms with Crippen molar-refractivity contribution < 1.29 is 23.7 Å². The maximum atomic E-state index is 13.0. The maximum absolute atomic E-state index is 13.0. The number of pyridine rings is 1. The molecule has 0 saturated heterocycles. The molecule has 8 nitrogen and oxygen atoms in total. The van der Waals surface area contributed by atoms with Crippen LogP contribution in [-0.4, -0.2) is 34.4 Å². The predicted molar refractivity (Wildman–Crippen MR) is 144 cm³/mol. The summed E-state index contributed by atoms with van der Waals surface area (Å²) in [5.41, 5.74) is 5.69. The van der Waals surface area contributed by atoms with E-state index in [1.807, 2.05) is 25.1 Å². The third-order valence-electron chi connectivity index (χ3n) is 6.73. The summed E-state index contributed by atoms with van der Waals surface area (Å²) in [5, 5.41) is 0. The van der Waals surface area contributed by atoms with Gasteiger partial charge in [0.2, 0.25) is 12.9 Å². The molecule has 1 aliphatic heterocycles. The molecule has 2 aromatic heterocycles. The molecule has 0 spiro atoms. The highest BCUT2D eigenvalue weighted by Gasteiger charge is 2.28. The minimum Gasteiger partial charge on any atom is -0.473 e. The van der Waals surface area contributed by atoms with Crippen LogP contribution in [0.15, 0.2) is 48.7 Å². The number of fused-ring (bicyclic) bond motifs is 2. The van der Waals surface area contributed by atoms with Crippen molar-refractivity contribution in [2.24, 2.45) is 0 Å². The van der Waals surface area contributed by atoms with Gasteiger partial charge in [-0.1, -0.05) is 44.9 Å². The minimum atomic E-state index is -0.935. The van der Waals surface area contributed by atoms with E-state index in [1.54, 1.807) is 18.3 Å². The number of hydrogen-bond acceptors (Lipinski definition) is 7. The van der Waals surface area contributed by atoms with E-state index >= 15 is 0 Å². The molecule has 38 heavy (non-hydrogen) atoms. The number of nitrogens with zero attached hydrogens (tertiary/aromatic N) is 3. The van der Waals surface area contributed by atoms with Crippen molar-refractivity contribution in [3.63, 3.8) is 0 Å². The molecular weight excluding hydrogens is 482 g/mol. The number of carbonyl (C=O) groups is 1. The van der Waals surface area contributed by atoms with Gasteiger partial charge in [0.15, 0.2) is 17.1 Å². The summed E-state index contributed by atoms with van der Waals surface area (Å²) >= 11 is 0. The Morgan fingerprint density at radius 1 is 1.05 bits per heavy atom. The third-order valence-corrected chi connectivity index (χ3v) is 6.73. The van der Waals surface area contributed by atoms with Gasteiger partial charge in [-0.2, -0.15) is 0 Å². The van der Waals surface area contributed by atoms with Gasteiger partial charge in [-0.25, -0.2) is 14.8 Å². The van der Waals surface area contributed by atoms with E-state index in [9.17, 15) is 4.79 Å². The fourth-order valence-electron chi connectivity index (χ4n) is 4.98. The van der Waals surface area contributed by atoms with Crippen LogP contribution < -0.4 is 14.2 Å². The summed E-state index contributed by atoms with van der Waals surface area (Å²) < 4.78 is 24.8. The van der Waals surface area contributed by atoms with E-state index in [4.69, 9.17) is 18.9 Å². The lowest BCUT2D eigenvalue weighted by Gasteiger charge is -2.23. The Hall–Kier alpha value is -4.07. The standard InChI is InChI=1S/C30H33N3O5/c1-5-8-21-14-20(17-33-19(3)32-24-10-7-13-31-29(24)33)15-22(9-6-2)27(21)38-28(30(34)35-4)23-11-12-25-26(16-23)37-18-36-25/h7,10-16,28H,5-6,8-9,17-18H2,1-4H3. The fraction of sp³-hybridized carbons (Fsp3) is 0.367. The number of esters is 1. The van der Waals surface area contributed by atoms with E-state index in [1.165, 1.54) is 7.11 Å². The smallest absolute Gasteiger partial charge is 0.351 e. The van der Waals surface area contributed by atoms with Gasteiger partial charge >= 0.3 is 5.97 Å². The molecule has 4 aromatic rings. The molecule has 5 rings (SSSR count). The molecule has 0 bridgehead atoms. The quantitative estimate of drug-likeness (QED) is 0.250. The lowest BCUT2D eigenvalue weighted by Crippen LogP contribution is -2.21. The molecule has 0 saturated carbocycles. The van der Waals surface area contributed by atoms with Gasteiger partial charge in [0.05, 0.1) is 13.7 Å². The van der Waals surface area contributed by atoms with Crippen molar-refractivity contribution in [1.29, 1.82) is 0 Å². The van der Waals surface area contributed by atoms with Crippen LogP contribution in [0.2, 0.25) is 0 Å². The second kappa shape index (κ2) is 11.1. The first-order valence-corrected chi connectivity index (χ1v) is 13.1. The number of aryl methyl sites for hydroxylation is 3. The molecule has 0 aliphatic carbocycles. The summed E-state index contributed by atoms with van der Waals surface area (Å²) in [6.07, 6.45) is 4.37. The van der Waals surface area contributed by atoms with E-state index in [2.05, 4.69) is 40.5 Å². The van der Waals surface area contributed by atoms with Crippen LogP contribution >= 0.6 is 0 Å². The van der Waals surface area contributed by atoms with Gasteiger partial charge in [-0.3, -0.25) is 0 Å². The number of methoxy groups -OCH3 is 1. The molecule has 2 aromatic carbocycles. The SMILES string of the molecule is CCCc1cc(Cn2c(C)nc3cccnc32)cc(CCC)c1OC(C(=O)OC)c1ccc2c(c1)OCO2. The average Bonchev–Trinajstić information content (AvgIpc) is 3.52. The van der Waals surface area contributed by atoms with Gasteiger partial charge < -0.3 is 23.5 Å². The van der Waals surface area contributed by atoms with Crippen LogP contribution in [-0.2, 0) is 28.9 Å². The van der Waals surface area contributed by atoms with Crippen LogP contribution in [0.3, 0.4) is 0 Å². The molecule has 198 valence electrons. The molecule has 0 N–H and O–H groups in total. The van der Waals surface area contributed by atoms with Crippen LogP contribution in [0.25, 0.3) is 11.2 Å². The van der Waals surface area contributed by atoms with Crippen molar-refractivity contribution in [1.82, 2.24) is 14.5 Å². The van der Waals surface area contributed by atoms with Crippen LogP contribution in [0.4, 0.5) is 0 Å². The van der Waals surface area contributed by atoms with Crippen LogP contribution in [0.1, 0.15) is 60.9 Å². The van der Waals surface area contributed by atoms with E-state index in [0.29, 0.717) is 23.6 Å². The highest BCUT2D eigenvalue weighted by molar-refractivity contribution is 5.77. The molecule has 3 heterocycles. The second-order valence-electron chi connectivity index (χ2n) is 9.47. The number of imidazole rings is 1.